The summed E-state index contributed by atoms with van der Waals surface area (Å²) in [5, 5.41) is 22.1. The number of rotatable bonds is 5. The van der Waals surface area contributed by atoms with Gasteiger partial charge < -0.3 is 19.7 Å². The van der Waals surface area contributed by atoms with Crippen molar-refractivity contribution in [3.8, 4) is 0 Å². The number of carboxylic acid groups (broad SMARTS) is 1. The van der Waals surface area contributed by atoms with Crippen molar-refractivity contribution < 1.29 is 32.7 Å². The van der Waals surface area contributed by atoms with Gasteiger partial charge in [-0.1, -0.05) is 5.16 Å². The van der Waals surface area contributed by atoms with E-state index in [1.54, 1.807) is 0 Å². The predicted octanol–water partition coefficient (Wildman–Crippen LogP) is 2.48. The Balaban J connectivity index is 0.000000298. The van der Waals surface area contributed by atoms with Gasteiger partial charge in [-0.25, -0.2) is 4.79 Å². The van der Waals surface area contributed by atoms with Crippen LogP contribution < -0.4 is 0 Å². The maximum absolute atomic E-state index is 10.9. The van der Waals surface area contributed by atoms with Crippen LogP contribution in [0.15, 0.2) is 23.0 Å². The van der Waals surface area contributed by atoms with E-state index in [-0.39, 0.29) is 0 Å². The van der Waals surface area contributed by atoms with E-state index in [0.717, 1.165) is 44.6 Å². The zero-order chi connectivity index (χ0) is 21.1. The summed E-state index contributed by atoms with van der Waals surface area (Å²) >= 11 is 0. The Morgan fingerprint density at radius 1 is 1.41 bits per heavy atom. The minimum atomic E-state index is -5.08. The molecule has 1 atom stereocenters. The molecule has 2 aromatic rings. The van der Waals surface area contributed by atoms with Gasteiger partial charge in [0.25, 0.3) is 0 Å². The number of halogens is 3. The first kappa shape index (κ1) is 21.3. The molecular formula is C18H23F3N4O4. The van der Waals surface area contributed by atoms with E-state index < -0.39 is 17.7 Å². The normalized spacial score (nSPS) is 22.8. The number of aromatic amines is 1. The molecule has 1 aliphatic carbocycles. The second-order valence-electron chi connectivity index (χ2n) is 7.56. The lowest BCUT2D eigenvalue weighted by atomic mass is 9.89. The number of likely N-dealkylation sites (tertiary alicyclic amines) is 1. The molecule has 2 aromatic heterocycles. The largest absolute Gasteiger partial charge is 0.490 e. The number of carbonyl (C=O) groups is 1. The van der Waals surface area contributed by atoms with Gasteiger partial charge in [0.2, 0.25) is 5.89 Å². The Labute approximate surface area is 164 Å². The molecule has 3 heterocycles. The summed E-state index contributed by atoms with van der Waals surface area (Å²) < 4.78 is 37.1. The molecule has 160 valence electrons. The highest BCUT2D eigenvalue weighted by molar-refractivity contribution is 5.73. The van der Waals surface area contributed by atoms with Crippen LogP contribution in [0.3, 0.4) is 0 Å². The summed E-state index contributed by atoms with van der Waals surface area (Å²) in [7, 11) is 0. The van der Waals surface area contributed by atoms with Crippen LogP contribution in [-0.4, -0.2) is 61.1 Å². The van der Waals surface area contributed by atoms with Crippen LogP contribution in [0.5, 0.6) is 0 Å². The molecule has 1 saturated carbocycles. The van der Waals surface area contributed by atoms with E-state index >= 15 is 0 Å². The van der Waals surface area contributed by atoms with Gasteiger partial charge in [0.05, 0.1) is 12.0 Å². The standard InChI is InChI=1S/C16H22N4O2.C2HF3O2/c21-16(8-14-18-15(19-22-14)13-2-3-13)5-1-7-20(11-16)10-12-4-6-17-9-12;3-2(4,5)1(6)7/h4,6,9,13,17,21H,1-3,5,7-8,10-11H2;(H,6,7). The van der Waals surface area contributed by atoms with Crippen LogP contribution in [-0.2, 0) is 17.8 Å². The van der Waals surface area contributed by atoms with E-state index in [4.69, 9.17) is 14.4 Å². The number of carboxylic acids is 1. The third kappa shape index (κ3) is 6.29. The first-order valence-electron chi connectivity index (χ1n) is 9.34. The van der Waals surface area contributed by atoms with Gasteiger partial charge in [0.1, 0.15) is 0 Å². The smallest absolute Gasteiger partial charge is 0.475 e. The molecule has 3 N–H and O–H groups in total. The molecule has 0 amide bonds. The Bertz CT molecular complexity index is 804. The number of aromatic nitrogens is 3. The minimum Gasteiger partial charge on any atom is -0.475 e. The van der Waals surface area contributed by atoms with Gasteiger partial charge >= 0.3 is 12.1 Å². The average Bonchev–Trinajstić information content (AvgIpc) is 3.16. The molecule has 8 nitrogen and oxygen atoms in total. The number of aliphatic hydroxyl groups is 1. The lowest BCUT2D eigenvalue weighted by molar-refractivity contribution is -0.192. The first-order chi connectivity index (χ1) is 13.6. The molecule has 4 rings (SSSR count). The van der Waals surface area contributed by atoms with E-state index in [1.165, 1.54) is 5.56 Å². The molecule has 0 bridgehead atoms. The number of aliphatic carboxylic acids is 1. The summed E-state index contributed by atoms with van der Waals surface area (Å²) in [6.45, 7) is 2.53. The minimum absolute atomic E-state index is 0.455. The molecule has 1 aliphatic heterocycles. The fraction of sp³-hybridized carbons (Fsp3) is 0.611. The molecular weight excluding hydrogens is 393 g/mol. The number of H-pyrrole nitrogens is 1. The van der Waals surface area contributed by atoms with Crippen molar-refractivity contribution in [2.24, 2.45) is 0 Å². The van der Waals surface area contributed by atoms with Crippen molar-refractivity contribution in [2.45, 2.75) is 56.3 Å². The van der Waals surface area contributed by atoms with Crippen molar-refractivity contribution in [1.82, 2.24) is 20.0 Å². The fourth-order valence-electron chi connectivity index (χ4n) is 3.33. The zero-order valence-electron chi connectivity index (χ0n) is 15.7. The maximum atomic E-state index is 10.9. The van der Waals surface area contributed by atoms with Crippen LogP contribution in [0.1, 0.15) is 48.9 Å². The second kappa shape index (κ2) is 8.54. The summed E-state index contributed by atoms with van der Waals surface area (Å²) in [4.78, 5) is 18.7. The number of nitrogens with zero attached hydrogens (tertiary/aromatic N) is 3. The SMILES string of the molecule is O=C(O)C(F)(F)F.OC1(Cc2nc(C3CC3)no2)CCCN(Cc2cc[nH]c2)C1. The van der Waals surface area contributed by atoms with Crippen molar-refractivity contribution in [3.05, 3.63) is 35.7 Å². The topological polar surface area (TPSA) is 115 Å². The lowest BCUT2D eigenvalue weighted by Gasteiger charge is -2.38. The van der Waals surface area contributed by atoms with Gasteiger partial charge in [-0.2, -0.15) is 18.2 Å². The summed E-state index contributed by atoms with van der Waals surface area (Å²) in [6, 6.07) is 2.08. The molecule has 11 heteroatoms. The summed E-state index contributed by atoms with van der Waals surface area (Å²) in [5.41, 5.74) is 0.486. The van der Waals surface area contributed by atoms with Crippen LogP contribution in [0.2, 0.25) is 0 Å². The van der Waals surface area contributed by atoms with E-state index in [1.807, 2.05) is 12.4 Å². The van der Waals surface area contributed by atoms with Gasteiger partial charge in [-0.3, -0.25) is 4.90 Å². The predicted molar refractivity (Wildman–Crippen MR) is 93.9 cm³/mol. The molecule has 29 heavy (non-hydrogen) atoms. The number of nitrogens with one attached hydrogen (secondary N) is 1. The number of β-amino-alcohol motifs (C(OH)–C–C–N with tert-alkyl or cyclic N) is 1. The van der Waals surface area contributed by atoms with Crippen molar-refractivity contribution in [1.29, 1.82) is 0 Å². The zero-order valence-corrected chi connectivity index (χ0v) is 15.7. The van der Waals surface area contributed by atoms with Gasteiger partial charge in [0.15, 0.2) is 5.82 Å². The average molecular weight is 416 g/mol. The van der Waals surface area contributed by atoms with Gasteiger partial charge in [-0.15, -0.1) is 0 Å². The number of hydrogen-bond acceptors (Lipinski definition) is 6. The monoisotopic (exact) mass is 416 g/mol. The molecule has 2 aliphatic rings. The molecule has 1 saturated heterocycles. The highest BCUT2D eigenvalue weighted by atomic mass is 19.4. The Morgan fingerprint density at radius 2 is 2.14 bits per heavy atom. The number of piperidine rings is 1. The highest BCUT2D eigenvalue weighted by Gasteiger charge is 2.38. The van der Waals surface area contributed by atoms with Gasteiger partial charge in [0, 0.05) is 31.4 Å². The summed E-state index contributed by atoms with van der Waals surface area (Å²) in [5.74, 6) is -0.873. The van der Waals surface area contributed by atoms with Crippen LogP contribution in [0, 0.1) is 0 Å². The lowest BCUT2D eigenvalue weighted by Crippen LogP contribution is -2.49. The molecule has 2 fully saturated rings. The molecule has 0 radical (unpaired) electrons. The third-order valence-corrected chi connectivity index (χ3v) is 4.85. The van der Waals surface area contributed by atoms with Crippen molar-refractivity contribution >= 4 is 5.97 Å². The summed E-state index contributed by atoms with van der Waals surface area (Å²) in [6.07, 6.45) is 3.41. The number of alkyl halides is 3. The Kier molecular flexibility index (Phi) is 6.27. The fourth-order valence-corrected chi connectivity index (χ4v) is 3.33. The Morgan fingerprint density at radius 3 is 2.72 bits per heavy atom. The molecule has 0 aromatic carbocycles. The van der Waals surface area contributed by atoms with Crippen molar-refractivity contribution in [2.75, 3.05) is 13.1 Å². The van der Waals surface area contributed by atoms with Crippen LogP contribution in [0.25, 0.3) is 0 Å². The quantitative estimate of drug-likeness (QED) is 0.686. The van der Waals surface area contributed by atoms with Crippen LogP contribution >= 0.6 is 0 Å². The third-order valence-electron chi connectivity index (χ3n) is 4.85. The van der Waals surface area contributed by atoms with E-state index in [2.05, 4.69) is 26.1 Å². The van der Waals surface area contributed by atoms with E-state index in [9.17, 15) is 18.3 Å². The maximum Gasteiger partial charge on any atom is 0.490 e. The second-order valence-corrected chi connectivity index (χ2v) is 7.56. The molecule has 1 unspecified atom stereocenters. The highest BCUT2D eigenvalue weighted by Crippen LogP contribution is 2.38. The number of hydrogen-bond donors (Lipinski definition) is 3. The van der Waals surface area contributed by atoms with Crippen molar-refractivity contribution in [3.63, 3.8) is 0 Å². The molecule has 0 spiro atoms. The van der Waals surface area contributed by atoms with E-state index in [0.29, 0.717) is 24.8 Å². The van der Waals surface area contributed by atoms with Gasteiger partial charge in [-0.05, 0) is 43.9 Å². The van der Waals surface area contributed by atoms with Crippen LogP contribution in [0.4, 0.5) is 13.2 Å². The first-order valence-corrected chi connectivity index (χ1v) is 9.34. The Hall–Kier alpha value is -2.40.